The summed E-state index contributed by atoms with van der Waals surface area (Å²) in [6, 6.07) is 9.76. The number of thiazole rings is 1. The normalized spacial score (nSPS) is 11.7. The molecule has 0 aliphatic heterocycles. The Morgan fingerprint density at radius 1 is 1.42 bits per heavy atom. The van der Waals surface area contributed by atoms with E-state index in [-0.39, 0.29) is 12.4 Å². The lowest BCUT2D eigenvalue weighted by atomic mass is 10.2. The van der Waals surface area contributed by atoms with Gasteiger partial charge in [-0.2, -0.15) is 5.10 Å². The molecule has 3 rings (SSSR count). The van der Waals surface area contributed by atoms with E-state index < -0.39 is 0 Å². The van der Waals surface area contributed by atoms with Gasteiger partial charge in [0.2, 0.25) is 5.13 Å². The van der Waals surface area contributed by atoms with Gasteiger partial charge in [0.25, 0.3) is 0 Å². The molecule has 24 heavy (non-hydrogen) atoms. The molecule has 0 bridgehead atoms. The predicted octanol–water partition coefficient (Wildman–Crippen LogP) is 3.83. The van der Waals surface area contributed by atoms with Crippen LogP contribution in [-0.2, 0) is 16.0 Å². The fraction of sp³-hybridized carbons (Fsp3) is 0.235. The van der Waals surface area contributed by atoms with Crippen molar-refractivity contribution in [1.29, 1.82) is 0 Å². The zero-order chi connectivity index (χ0) is 16.9. The first kappa shape index (κ1) is 16.2. The second-order valence-electron chi connectivity index (χ2n) is 5.08. The van der Waals surface area contributed by atoms with Crippen LogP contribution in [0.1, 0.15) is 25.3 Å². The molecule has 0 aliphatic rings. The number of hydrogen-bond acceptors (Lipinski definition) is 7. The highest BCUT2D eigenvalue weighted by atomic mass is 32.1. The van der Waals surface area contributed by atoms with Gasteiger partial charge in [0.15, 0.2) is 5.76 Å². The summed E-state index contributed by atoms with van der Waals surface area (Å²) in [5.41, 5.74) is 5.10. The molecule has 124 valence electrons. The van der Waals surface area contributed by atoms with Crippen LogP contribution in [-0.4, -0.2) is 23.3 Å². The van der Waals surface area contributed by atoms with Crippen LogP contribution in [0.25, 0.3) is 11.0 Å². The third kappa shape index (κ3) is 3.80. The summed E-state index contributed by atoms with van der Waals surface area (Å²) in [6.45, 7) is 4.01. The summed E-state index contributed by atoms with van der Waals surface area (Å²) in [6.07, 6.45) is 0.165. The summed E-state index contributed by atoms with van der Waals surface area (Å²) in [5.74, 6) is 0.420. The van der Waals surface area contributed by atoms with Crippen LogP contribution in [0, 0.1) is 0 Å². The standard InChI is InChI=1S/C17H17N3O3S/c1-3-22-16(21)9-13-10-24-17(18-13)20-19-11(2)15-8-12-6-4-5-7-14(12)23-15/h4-8,10H,3,9H2,1-2H3,(H,18,20)/b19-11+. The number of carbonyl (C=O) groups excluding carboxylic acids is 1. The van der Waals surface area contributed by atoms with E-state index >= 15 is 0 Å². The molecule has 1 N–H and O–H groups in total. The third-order valence-electron chi connectivity index (χ3n) is 3.28. The van der Waals surface area contributed by atoms with Gasteiger partial charge in [-0.05, 0) is 26.0 Å². The first-order valence-corrected chi connectivity index (χ1v) is 8.43. The number of aromatic nitrogens is 1. The number of fused-ring (bicyclic) bond motifs is 1. The maximum absolute atomic E-state index is 11.4. The number of carbonyl (C=O) groups is 1. The molecule has 3 aromatic rings. The van der Waals surface area contributed by atoms with Crippen molar-refractivity contribution in [3.8, 4) is 0 Å². The van der Waals surface area contributed by atoms with Crippen LogP contribution in [0.3, 0.4) is 0 Å². The van der Waals surface area contributed by atoms with Gasteiger partial charge in [0.1, 0.15) is 11.3 Å². The van der Waals surface area contributed by atoms with Gasteiger partial charge < -0.3 is 9.15 Å². The maximum Gasteiger partial charge on any atom is 0.311 e. The van der Waals surface area contributed by atoms with Crippen molar-refractivity contribution < 1.29 is 13.9 Å². The predicted molar refractivity (Wildman–Crippen MR) is 94.5 cm³/mol. The molecule has 0 spiro atoms. The van der Waals surface area contributed by atoms with E-state index in [2.05, 4.69) is 15.5 Å². The lowest BCUT2D eigenvalue weighted by Gasteiger charge is -1.98. The Bertz CT molecular complexity index is 849. The first-order valence-electron chi connectivity index (χ1n) is 7.55. The quantitative estimate of drug-likeness (QED) is 0.418. The topological polar surface area (TPSA) is 76.7 Å². The molecule has 0 atom stereocenters. The van der Waals surface area contributed by atoms with E-state index in [0.29, 0.717) is 28.9 Å². The second-order valence-corrected chi connectivity index (χ2v) is 5.94. The largest absolute Gasteiger partial charge is 0.466 e. The van der Waals surface area contributed by atoms with Crippen LogP contribution >= 0.6 is 11.3 Å². The number of rotatable bonds is 6. The van der Waals surface area contributed by atoms with E-state index in [9.17, 15) is 4.79 Å². The highest BCUT2D eigenvalue weighted by Crippen LogP contribution is 2.20. The molecule has 0 aliphatic carbocycles. The van der Waals surface area contributed by atoms with Crippen LogP contribution in [0.5, 0.6) is 0 Å². The van der Waals surface area contributed by atoms with Crippen molar-refractivity contribution in [3.63, 3.8) is 0 Å². The van der Waals surface area contributed by atoms with Crippen LogP contribution in [0.2, 0.25) is 0 Å². The number of benzene rings is 1. The number of anilines is 1. The fourth-order valence-corrected chi connectivity index (χ4v) is 2.80. The van der Waals surface area contributed by atoms with Crippen molar-refractivity contribution in [3.05, 3.63) is 47.2 Å². The minimum absolute atomic E-state index is 0.165. The number of esters is 1. The second kappa shape index (κ2) is 7.27. The monoisotopic (exact) mass is 343 g/mol. The summed E-state index contributed by atoms with van der Waals surface area (Å²) in [7, 11) is 0. The molecule has 0 fully saturated rings. The Morgan fingerprint density at radius 2 is 2.25 bits per heavy atom. The van der Waals surface area contributed by atoms with E-state index in [1.165, 1.54) is 11.3 Å². The zero-order valence-electron chi connectivity index (χ0n) is 13.4. The molecule has 0 amide bonds. The van der Waals surface area contributed by atoms with Gasteiger partial charge >= 0.3 is 5.97 Å². The summed E-state index contributed by atoms with van der Waals surface area (Å²) in [5, 5.41) is 7.75. The Morgan fingerprint density at radius 3 is 3.04 bits per heavy atom. The van der Waals surface area contributed by atoms with Gasteiger partial charge in [0, 0.05) is 10.8 Å². The lowest BCUT2D eigenvalue weighted by molar-refractivity contribution is -0.142. The van der Waals surface area contributed by atoms with Crippen molar-refractivity contribution in [1.82, 2.24) is 4.98 Å². The molecule has 1 aromatic carbocycles. The van der Waals surface area contributed by atoms with Crippen LogP contribution in [0.15, 0.2) is 45.2 Å². The summed E-state index contributed by atoms with van der Waals surface area (Å²) in [4.78, 5) is 15.7. The van der Waals surface area contributed by atoms with Crippen molar-refractivity contribution in [2.24, 2.45) is 5.10 Å². The smallest absolute Gasteiger partial charge is 0.311 e. The first-order chi connectivity index (χ1) is 11.7. The van der Waals surface area contributed by atoms with Crippen molar-refractivity contribution in [2.45, 2.75) is 20.3 Å². The van der Waals surface area contributed by atoms with Gasteiger partial charge in [-0.1, -0.05) is 18.2 Å². The Labute approximate surface area is 143 Å². The van der Waals surface area contributed by atoms with Crippen LogP contribution in [0.4, 0.5) is 5.13 Å². The Hall–Kier alpha value is -2.67. The SMILES string of the molecule is CCOC(=O)Cc1csc(N/N=C(\C)c2cc3ccccc3o2)n1. The molecular weight excluding hydrogens is 326 g/mol. The number of para-hydroxylation sites is 1. The van der Waals surface area contributed by atoms with Gasteiger partial charge in [-0.15, -0.1) is 11.3 Å². The number of furan rings is 1. The molecular formula is C17H17N3O3S. The molecule has 2 aromatic heterocycles. The summed E-state index contributed by atoms with van der Waals surface area (Å²) >= 11 is 1.38. The van der Waals surface area contributed by atoms with Gasteiger partial charge in [0.05, 0.1) is 18.7 Å². The average molecular weight is 343 g/mol. The highest BCUT2D eigenvalue weighted by molar-refractivity contribution is 7.13. The molecule has 0 saturated carbocycles. The highest BCUT2D eigenvalue weighted by Gasteiger charge is 2.09. The van der Waals surface area contributed by atoms with E-state index in [4.69, 9.17) is 9.15 Å². The number of ether oxygens (including phenoxy) is 1. The van der Waals surface area contributed by atoms with Crippen LogP contribution < -0.4 is 5.43 Å². The van der Waals surface area contributed by atoms with Crippen molar-refractivity contribution >= 4 is 39.1 Å². The number of hydrazone groups is 1. The minimum atomic E-state index is -0.281. The van der Waals surface area contributed by atoms with E-state index in [1.807, 2.05) is 42.6 Å². The van der Waals surface area contributed by atoms with E-state index in [0.717, 1.165) is 11.0 Å². The lowest BCUT2D eigenvalue weighted by Crippen LogP contribution is -2.07. The van der Waals surface area contributed by atoms with Gasteiger partial charge in [-0.3, -0.25) is 10.2 Å². The third-order valence-corrected chi connectivity index (χ3v) is 4.08. The molecule has 0 radical (unpaired) electrons. The summed E-state index contributed by atoms with van der Waals surface area (Å²) < 4.78 is 10.7. The van der Waals surface area contributed by atoms with E-state index in [1.54, 1.807) is 6.92 Å². The number of nitrogens with zero attached hydrogens (tertiary/aromatic N) is 2. The Kier molecular flexibility index (Phi) is 4.90. The van der Waals surface area contributed by atoms with Gasteiger partial charge in [-0.25, -0.2) is 4.98 Å². The molecule has 0 unspecified atom stereocenters. The number of nitrogens with one attached hydrogen (secondary N) is 1. The molecule has 0 saturated heterocycles. The maximum atomic E-state index is 11.4. The number of hydrogen-bond donors (Lipinski definition) is 1. The minimum Gasteiger partial charge on any atom is -0.466 e. The zero-order valence-corrected chi connectivity index (χ0v) is 14.2. The molecule has 6 nitrogen and oxygen atoms in total. The molecule has 7 heteroatoms. The van der Waals surface area contributed by atoms with Crippen molar-refractivity contribution in [2.75, 3.05) is 12.0 Å². The molecule has 2 heterocycles. The Balaban J connectivity index is 1.66. The average Bonchev–Trinajstić information content (AvgIpc) is 3.19. The fourth-order valence-electron chi connectivity index (χ4n) is 2.15.